The fourth-order valence-electron chi connectivity index (χ4n) is 2.14. The average Bonchev–Trinajstić information content (AvgIpc) is 3.16. The maximum atomic E-state index is 12.6. The van der Waals surface area contributed by atoms with Gasteiger partial charge in [-0.15, -0.1) is 10.2 Å². The zero-order valence-electron chi connectivity index (χ0n) is 16.3. The lowest BCUT2D eigenvalue weighted by molar-refractivity contribution is -0.137. The summed E-state index contributed by atoms with van der Waals surface area (Å²) in [5, 5.41) is 8.14. The van der Waals surface area contributed by atoms with Crippen LogP contribution in [0, 0.1) is 0 Å². The lowest BCUT2D eigenvalue weighted by Gasteiger charge is -2.11. The van der Waals surface area contributed by atoms with E-state index in [1.807, 2.05) is 27.7 Å². The number of rotatable bonds is 4. The van der Waals surface area contributed by atoms with E-state index in [1.165, 1.54) is 16.8 Å². The van der Waals surface area contributed by atoms with E-state index in [4.69, 9.17) is 4.74 Å². The zero-order valence-corrected chi connectivity index (χ0v) is 21.1. The van der Waals surface area contributed by atoms with Gasteiger partial charge in [-0.25, -0.2) is 9.36 Å². The predicted molar refractivity (Wildman–Crippen MR) is 115 cm³/mol. The van der Waals surface area contributed by atoms with E-state index < -0.39 is 11.7 Å². The predicted octanol–water partition coefficient (Wildman–Crippen LogP) is 6.82. The number of hydrogen-bond donors (Lipinski definition) is 0. The summed E-state index contributed by atoms with van der Waals surface area (Å²) in [6.45, 7) is 7.82. The van der Waals surface area contributed by atoms with Crippen molar-refractivity contribution in [2.24, 2.45) is 0 Å². The molecule has 0 aliphatic heterocycles. The van der Waals surface area contributed by atoms with Gasteiger partial charge in [0, 0.05) is 6.04 Å². The van der Waals surface area contributed by atoms with Crippen LogP contribution in [0.3, 0.4) is 0 Å². The topological polar surface area (TPSA) is 70.7 Å². The van der Waals surface area contributed by atoms with E-state index in [-0.39, 0.29) is 17.8 Å². The van der Waals surface area contributed by atoms with Crippen molar-refractivity contribution in [2.75, 3.05) is 0 Å². The molecule has 7 nitrogen and oxygen atoms in total. The largest absolute Gasteiger partial charge is 0.424 e. The third kappa shape index (κ3) is 6.77. The number of halogens is 6. The molecular formula is C17H18Br3F3N6O. The van der Waals surface area contributed by atoms with Crippen LogP contribution in [0.2, 0.25) is 0 Å². The highest BCUT2D eigenvalue weighted by Gasteiger charge is 2.30. The Bertz CT molecular complexity index is 988. The Labute approximate surface area is 196 Å². The molecule has 1 aromatic carbocycles. The van der Waals surface area contributed by atoms with Crippen LogP contribution < -0.4 is 4.74 Å². The smallest absolute Gasteiger partial charge is 0.416 e. The van der Waals surface area contributed by atoms with Crippen LogP contribution in [-0.2, 0) is 6.18 Å². The van der Waals surface area contributed by atoms with E-state index in [2.05, 4.69) is 68.0 Å². The van der Waals surface area contributed by atoms with E-state index >= 15 is 0 Å². The number of aromatic nitrogens is 6. The van der Waals surface area contributed by atoms with Crippen molar-refractivity contribution in [2.45, 2.75) is 46.0 Å². The van der Waals surface area contributed by atoms with Crippen LogP contribution in [0.4, 0.5) is 13.2 Å². The fourth-order valence-corrected chi connectivity index (χ4v) is 3.70. The second-order valence-electron chi connectivity index (χ2n) is 6.52. The summed E-state index contributed by atoms with van der Waals surface area (Å²) in [4.78, 5) is 8.00. The van der Waals surface area contributed by atoms with Crippen LogP contribution >= 0.6 is 47.8 Å². The van der Waals surface area contributed by atoms with Gasteiger partial charge in [0.2, 0.25) is 9.47 Å². The van der Waals surface area contributed by atoms with Gasteiger partial charge in [0.15, 0.2) is 4.73 Å². The van der Waals surface area contributed by atoms with Gasteiger partial charge in [-0.05, 0) is 93.7 Å². The van der Waals surface area contributed by atoms with Crippen molar-refractivity contribution in [3.63, 3.8) is 0 Å². The molecule has 0 saturated carbocycles. The Balaban J connectivity index is 0.000000269. The molecule has 3 aromatic rings. The number of hydrogen-bond acceptors (Lipinski definition) is 5. The summed E-state index contributed by atoms with van der Waals surface area (Å²) in [7, 11) is 0. The number of benzene rings is 1. The average molecular weight is 619 g/mol. The van der Waals surface area contributed by atoms with Gasteiger partial charge in [0.1, 0.15) is 5.75 Å². The summed E-state index contributed by atoms with van der Waals surface area (Å²) in [6.07, 6.45) is -4.41. The first-order chi connectivity index (χ1) is 13.9. The van der Waals surface area contributed by atoms with E-state index in [9.17, 15) is 13.2 Å². The standard InChI is InChI=1S/C12H11BrF3N3O.C5H7Br2N3/c1-7(2)19-11(17-10(13)18-19)20-9-5-3-4-8(6-9)12(14,15)16;1-3(2)10-5(7)8-4(6)9-10/h3-7H,1-2H3;3H,1-2H3. The summed E-state index contributed by atoms with van der Waals surface area (Å²) >= 11 is 9.56. The van der Waals surface area contributed by atoms with Gasteiger partial charge < -0.3 is 4.74 Å². The summed E-state index contributed by atoms with van der Waals surface area (Å²) in [6, 6.07) is 5.06. The maximum Gasteiger partial charge on any atom is 0.416 e. The highest BCUT2D eigenvalue weighted by molar-refractivity contribution is 9.11. The van der Waals surface area contributed by atoms with Crippen molar-refractivity contribution in [1.82, 2.24) is 29.5 Å². The van der Waals surface area contributed by atoms with Gasteiger partial charge in [0.05, 0.1) is 11.6 Å². The SMILES string of the molecule is CC(C)n1nc(Br)nc1Br.CC(C)n1nc(Br)nc1Oc1cccc(C(F)(F)F)c1. The lowest BCUT2D eigenvalue weighted by atomic mass is 10.2. The molecule has 13 heteroatoms. The van der Waals surface area contributed by atoms with Crippen LogP contribution in [-0.4, -0.2) is 29.5 Å². The Morgan fingerprint density at radius 2 is 1.47 bits per heavy atom. The minimum absolute atomic E-state index is 0.0328. The van der Waals surface area contributed by atoms with Crippen molar-refractivity contribution < 1.29 is 17.9 Å². The van der Waals surface area contributed by atoms with Crippen LogP contribution in [0.5, 0.6) is 11.8 Å². The monoisotopic (exact) mass is 616 g/mol. The van der Waals surface area contributed by atoms with Crippen molar-refractivity contribution in [3.8, 4) is 11.8 Å². The molecule has 0 amide bonds. The van der Waals surface area contributed by atoms with Crippen LogP contribution in [0.25, 0.3) is 0 Å². The third-order valence-electron chi connectivity index (χ3n) is 3.49. The van der Waals surface area contributed by atoms with Crippen LogP contribution in [0.1, 0.15) is 45.3 Å². The first kappa shape index (κ1) is 24.8. The normalized spacial score (nSPS) is 11.6. The minimum Gasteiger partial charge on any atom is -0.424 e. The molecule has 2 aromatic heterocycles. The van der Waals surface area contributed by atoms with Gasteiger partial charge in [-0.2, -0.15) is 23.1 Å². The molecule has 0 saturated heterocycles. The van der Waals surface area contributed by atoms with E-state index in [0.29, 0.717) is 15.5 Å². The quantitative estimate of drug-likeness (QED) is 0.321. The van der Waals surface area contributed by atoms with Gasteiger partial charge in [-0.3, -0.25) is 0 Å². The highest BCUT2D eigenvalue weighted by Crippen LogP contribution is 2.33. The van der Waals surface area contributed by atoms with Gasteiger partial charge >= 0.3 is 12.2 Å². The Hall–Kier alpha value is -1.47. The Morgan fingerprint density at radius 1 is 0.900 bits per heavy atom. The molecule has 30 heavy (non-hydrogen) atoms. The van der Waals surface area contributed by atoms with Gasteiger partial charge in [0.25, 0.3) is 0 Å². The molecule has 0 aliphatic carbocycles. The summed E-state index contributed by atoms with van der Waals surface area (Å²) in [5.74, 6) is 0.0571. The fraction of sp³-hybridized carbons (Fsp3) is 0.412. The first-order valence-corrected chi connectivity index (χ1v) is 11.0. The first-order valence-electron chi connectivity index (χ1n) is 8.63. The molecule has 0 atom stereocenters. The maximum absolute atomic E-state index is 12.6. The minimum atomic E-state index is -4.41. The van der Waals surface area contributed by atoms with Crippen LogP contribution in [0.15, 0.2) is 38.5 Å². The molecule has 2 heterocycles. The molecular weight excluding hydrogens is 601 g/mol. The molecule has 0 radical (unpaired) electrons. The van der Waals surface area contributed by atoms with Crippen molar-refractivity contribution in [1.29, 1.82) is 0 Å². The molecule has 0 unspecified atom stereocenters. The molecule has 3 rings (SSSR count). The highest BCUT2D eigenvalue weighted by atomic mass is 79.9. The van der Waals surface area contributed by atoms with Crippen molar-refractivity contribution >= 4 is 47.8 Å². The lowest BCUT2D eigenvalue weighted by Crippen LogP contribution is -2.07. The second-order valence-corrected chi connectivity index (χ2v) is 8.65. The van der Waals surface area contributed by atoms with Crippen molar-refractivity contribution in [3.05, 3.63) is 44.0 Å². The summed E-state index contributed by atoms with van der Waals surface area (Å²) in [5.41, 5.74) is -0.773. The molecule has 0 aliphatic rings. The number of nitrogens with zero attached hydrogens (tertiary/aromatic N) is 6. The Morgan fingerprint density at radius 3 is 1.93 bits per heavy atom. The number of ether oxygens (including phenoxy) is 1. The van der Waals surface area contributed by atoms with E-state index in [1.54, 1.807) is 4.68 Å². The molecule has 0 spiro atoms. The second kappa shape index (κ2) is 10.2. The Kier molecular flexibility index (Phi) is 8.45. The van der Waals surface area contributed by atoms with Gasteiger partial charge in [-0.1, -0.05) is 6.07 Å². The third-order valence-corrected chi connectivity index (χ3v) is 4.70. The molecule has 164 valence electrons. The zero-order chi connectivity index (χ0) is 22.6. The molecule has 0 fully saturated rings. The van der Waals surface area contributed by atoms with E-state index in [0.717, 1.165) is 16.9 Å². The molecule has 0 N–H and O–H groups in total. The molecule has 0 bridgehead atoms. The summed E-state index contributed by atoms with van der Waals surface area (Å²) < 4.78 is 48.2. The number of alkyl halides is 3.